The van der Waals surface area contributed by atoms with Crippen LogP contribution >= 0.6 is 27.3 Å². The van der Waals surface area contributed by atoms with Crippen molar-refractivity contribution in [3.05, 3.63) is 58.4 Å². The number of amides is 1. The minimum atomic E-state index is -0.0895. The Morgan fingerprint density at radius 1 is 1.13 bits per heavy atom. The highest BCUT2D eigenvalue weighted by Crippen LogP contribution is 2.29. The van der Waals surface area contributed by atoms with E-state index in [2.05, 4.69) is 31.5 Å². The molecule has 0 unspecified atom stereocenters. The summed E-state index contributed by atoms with van der Waals surface area (Å²) in [5.41, 5.74) is 3.63. The average Bonchev–Trinajstić information content (AvgIpc) is 2.95. The van der Waals surface area contributed by atoms with Gasteiger partial charge in [0.25, 0.3) is 0 Å². The Labute approximate surface area is 146 Å². The van der Waals surface area contributed by atoms with Crippen LogP contribution in [0.15, 0.2) is 58.4 Å². The lowest BCUT2D eigenvalue weighted by Gasteiger charge is -2.06. The predicted molar refractivity (Wildman–Crippen MR) is 99.3 cm³/mol. The number of aromatic nitrogens is 1. The molecule has 0 saturated heterocycles. The molecule has 116 valence electrons. The number of benzene rings is 2. The summed E-state index contributed by atoms with van der Waals surface area (Å²) >= 11 is 5.01. The van der Waals surface area contributed by atoms with Crippen molar-refractivity contribution in [2.45, 2.75) is 6.92 Å². The number of carbonyl (C=O) groups is 1. The SMILES string of the molecule is CC(=O)Nc1cccc(Nc2nc(-c3cccc(Br)c3)cs2)c1. The van der Waals surface area contributed by atoms with Gasteiger partial charge < -0.3 is 10.6 Å². The van der Waals surface area contributed by atoms with Crippen LogP contribution in [0.2, 0.25) is 0 Å². The Bertz CT molecular complexity index is 847. The fourth-order valence-electron chi connectivity index (χ4n) is 2.11. The molecule has 0 bridgehead atoms. The van der Waals surface area contributed by atoms with Gasteiger partial charge in [-0.25, -0.2) is 4.98 Å². The van der Waals surface area contributed by atoms with Crippen molar-refractivity contribution in [2.75, 3.05) is 10.6 Å². The lowest BCUT2D eigenvalue weighted by atomic mass is 10.2. The molecule has 0 aliphatic carbocycles. The van der Waals surface area contributed by atoms with Gasteiger partial charge in [0.1, 0.15) is 0 Å². The average molecular weight is 388 g/mol. The number of anilines is 3. The third kappa shape index (κ3) is 4.18. The van der Waals surface area contributed by atoms with Crippen molar-refractivity contribution >= 4 is 49.7 Å². The van der Waals surface area contributed by atoms with Gasteiger partial charge in [-0.15, -0.1) is 11.3 Å². The Morgan fingerprint density at radius 2 is 1.91 bits per heavy atom. The van der Waals surface area contributed by atoms with E-state index in [0.717, 1.165) is 32.2 Å². The highest BCUT2D eigenvalue weighted by Gasteiger charge is 2.06. The van der Waals surface area contributed by atoms with E-state index in [4.69, 9.17) is 0 Å². The maximum atomic E-state index is 11.1. The molecule has 1 amide bonds. The van der Waals surface area contributed by atoms with Crippen LogP contribution in [0.1, 0.15) is 6.92 Å². The van der Waals surface area contributed by atoms with Gasteiger partial charge in [0.2, 0.25) is 5.91 Å². The van der Waals surface area contributed by atoms with E-state index in [-0.39, 0.29) is 5.91 Å². The van der Waals surface area contributed by atoms with Crippen molar-refractivity contribution in [3.8, 4) is 11.3 Å². The van der Waals surface area contributed by atoms with Gasteiger partial charge in [0, 0.05) is 33.7 Å². The van der Waals surface area contributed by atoms with Crippen LogP contribution in [-0.2, 0) is 4.79 Å². The van der Waals surface area contributed by atoms with E-state index in [1.165, 1.54) is 18.3 Å². The van der Waals surface area contributed by atoms with Crippen LogP contribution in [0.25, 0.3) is 11.3 Å². The van der Waals surface area contributed by atoms with Crippen molar-refractivity contribution in [3.63, 3.8) is 0 Å². The van der Waals surface area contributed by atoms with E-state index in [1.807, 2.05) is 53.9 Å². The Kier molecular flexibility index (Phi) is 4.73. The van der Waals surface area contributed by atoms with Crippen LogP contribution < -0.4 is 10.6 Å². The van der Waals surface area contributed by atoms with Crippen molar-refractivity contribution in [1.29, 1.82) is 0 Å². The minimum absolute atomic E-state index is 0.0895. The minimum Gasteiger partial charge on any atom is -0.331 e. The zero-order valence-corrected chi connectivity index (χ0v) is 14.7. The van der Waals surface area contributed by atoms with Crippen LogP contribution in [0.4, 0.5) is 16.5 Å². The molecule has 2 aromatic carbocycles. The number of thiazole rings is 1. The molecular weight excluding hydrogens is 374 g/mol. The van der Waals surface area contributed by atoms with Crippen LogP contribution in [0, 0.1) is 0 Å². The van der Waals surface area contributed by atoms with E-state index in [9.17, 15) is 4.79 Å². The van der Waals surface area contributed by atoms with Gasteiger partial charge in [-0.3, -0.25) is 4.79 Å². The molecule has 0 aliphatic heterocycles. The summed E-state index contributed by atoms with van der Waals surface area (Å²) in [5, 5.41) is 8.85. The fourth-order valence-corrected chi connectivity index (χ4v) is 3.25. The number of nitrogens with one attached hydrogen (secondary N) is 2. The Morgan fingerprint density at radius 3 is 2.70 bits per heavy atom. The molecule has 4 nitrogen and oxygen atoms in total. The van der Waals surface area contributed by atoms with Crippen LogP contribution in [0.3, 0.4) is 0 Å². The molecule has 0 spiro atoms. The molecule has 2 N–H and O–H groups in total. The Hall–Kier alpha value is -2.18. The standard InChI is InChI=1S/C17H14BrN3OS/c1-11(22)19-14-6-3-7-15(9-14)20-17-21-16(10-23-17)12-4-2-5-13(18)8-12/h2-10H,1H3,(H,19,22)(H,20,21). The molecular formula is C17H14BrN3OS. The van der Waals surface area contributed by atoms with Crippen LogP contribution in [-0.4, -0.2) is 10.9 Å². The number of halogens is 1. The third-order valence-corrected chi connectivity index (χ3v) is 4.31. The van der Waals surface area contributed by atoms with Crippen molar-refractivity contribution in [2.24, 2.45) is 0 Å². The molecule has 6 heteroatoms. The maximum absolute atomic E-state index is 11.1. The molecule has 1 heterocycles. The number of carbonyl (C=O) groups excluding carboxylic acids is 1. The lowest BCUT2D eigenvalue weighted by Crippen LogP contribution is -2.05. The molecule has 3 rings (SSSR count). The van der Waals surface area contributed by atoms with Gasteiger partial charge in [-0.1, -0.05) is 34.1 Å². The summed E-state index contributed by atoms with van der Waals surface area (Å²) in [6.07, 6.45) is 0. The number of hydrogen-bond donors (Lipinski definition) is 2. The van der Waals surface area contributed by atoms with Gasteiger partial charge in [0.15, 0.2) is 5.13 Å². The quantitative estimate of drug-likeness (QED) is 0.640. The second kappa shape index (κ2) is 6.93. The fraction of sp³-hybridized carbons (Fsp3) is 0.0588. The molecule has 0 fully saturated rings. The zero-order chi connectivity index (χ0) is 16.2. The zero-order valence-electron chi connectivity index (χ0n) is 12.3. The first-order chi connectivity index (χ1) is 11.1. The lowest BCUT2D eigenvalue weighted by molar-refractivity contribution is -0.114. The first-order valence-electron chi connectivity index (χ1n) is 6.96. The second-order valence-electron chi connectivity index (χ2n) is 4.94. The highest BCUT2D eigenvalue weighted by molar-refractivity contribution is 9.10. The predicted octanol–water partition coefficient (Wildman–Crippen LogP) is 5.27. The number of rotatable bonds is 4. The van der Waals surface area contributed by atoms with Crippen molar-refractivity contribution in [1.82, 2.24) is 4.98 Å². The smallest absolute Gasteiger partial charge is 0.221 e. The van der Waals surface area contributed by atoms with E-state index in [0.29, 0.717) is 0 Å². The molecule has 3 aromatic rings. The molecule has 0 aliphatic rings. The summed E-state index contributed by atoms with van der Waals surface area (Å²) in [5.74, 6) is -0.0895. The summed E-state index contributed by atoms with van der Waals surface area (Å²) in [6.45, 7) is 1.49. The number of hydrogen-bond acceptors (Lipinski definition) is 4. The van der Waals surface area contributed by atoms with Gasteiger partial charge >= 0.3 is 0 Å². The summed E-state index contributed by atoms with van der Waals surface area (Å²) in [7, 11) is 0. The first kappa shape index (κ1) is 15.7. The summed E-state index contributed by atoms with van der Waals surface area (Å²) < 4.78 is 1.03. The number of nitrogens with zero attached hydrogens (tertiary/aromatic N) is 1. The Balaban J connectivity index is 1.78. The summed E-state index contributed by atoms with van der Waals surface area (Å²) in [4.78, 5) is 15.7. The third-order valence-electron chi connectivity index (χ3n) is 3.06. The van der Waals surface area contributed by atoms with E-state index in [1.54, 1.807) is 0 Å². The monoisotopic (exact) mass is 387 g/mol. The van der Waals surface area contributed by atoms with Gasteiger partial charge in [0.05, 0.1) is 5.69 Å². The van der Waals surface area contributed by atoms with E-state index < -0.39 is 0 Å². The topological polar surface area (TPSA) is 54.0 Å². The maximum Gasteiger partial charge on any atom is 0.221 e. The molecule has 0 saturated carbocycles. The summed E-state index contributed by atoms with van der Waals surface area (Å²) in [6, 6.07) is 15.6. The highest BCUT2D eigenvalue weighted by atomic mass is 79.9. The van der Waals surface area contributed by atoms with Gasteiger partial charge in [-0.2, -0.15) is 0 Å². The van der Waals surface area contributed by atoms with Crippen LogP contribution in [0.5, 0.6) is 0 Å². The molecule has 0 radical (unpaired) electrons. The van der Waals surface area contributed by atoms with Crippen molar-refractivity contribution < 1.29 is 4.79 Å². The molecule has 0 atom stereocenters. The van der Waals surface area contributed by atoms with Gasteiger partial charge in [-0.05, 0) is 30.3 Å². The molecule has 23 heavy (non-hydrogen) atoms. The first-order valence-corrected chi connectivity index (χ1v) is 8.63. The molecule has 1 aromatic heterocycles. The second-order valence-corrected chi connectivity index (χ2v) is 6.71. The van der Waals surface area contributed by atoms with E-state index >= 15 is 0 Å². The largest absolute Gasteiger partial charge is 0.331 e. The normalized spacial score (nSPS) is 10.3.